The van der Waals surface area contributed by atoms with E-state index in [9.17, 15) is 8.78 Å². The summed E-state index contributed by atoms with van der Waals surface area (Å²) in [6.07, 6.45) is 3.06. The van der Waals surface area contributed by atoms with Gasteiger partial charge in [-0.05, 0) is 19.9 Å². The van der Waals surface area contributed by atoms with Gasteiger partial charge in [0.25, 0.3) is 0 Å². The molecule has 0 saturated heterocycles. The van der Waals surface area contributed by atoms with Crippen molar-refractivity contribution in [1.29, 1.82) is 0 Å². The first-order valence-corrected chi connectivity index (χ1v) is 6.19. The standard InChI is InChI=1S/C14H12ClF2N3/c1-4-9(15)5-10-7(2)19-20-13(10)14-12(17)6-11(16)8(3)18-14/h4-6H,1H2,2-3H3,(H,19,20). The molecule has 3 nitrogen and oxygen atoms in total. The Hall–Kier alpha value is -2.01. The van der Waals surface area contributed by atoms with Gasteiger partial charge < -0.3 is 0 Å². The third-order valence-corrected chi connectivity index (χ3v) is 3.06. The molecule has 0 aliphatic rings. The van der Waals surface area contributed by atoms with E-state index in [1.54, 1.807) is 13.0 Å². The predicted octanol–water partition coefficient (Wildman–Crippen LogP) is 4.13. The Kier molecular flexibility index (Phi) is 3.99. The summed E-state index contributed by atoms with van der Waals surface area (Å²) in [5, 5.41) is 7.14. The van der Waals surface area contributed by atoms with Crippen molar-refractivity contribution in [1.82, 2.24) is 15.2 Å². The van der Waals surface area contributed by atoms with Crippen molar-refractivity contribution in [3.63, 3.8) is 0 Å². The van der Waals surface area contributed by atoms with Crippen molar-refractivity contribution in [3.8, 4) is 11.4 Å². The van der Waals surface area contributed by atoms with Gasteiger partial charge in [-0.15, -0.1) is 0 Å². The largest absolute Gasteiger partial charge is 0.282 e. The van der Waals surface area contributed by atoms with E-state index in [0.717, 1.165) is 6.07 Å². The highest BCUT2D eigenvalue weighted by molar-refractivity contribution is 6.33. The molecule has 0 atom stereocenters. The van der Waals surface area contributed by atoms with Crippen molar-refractivity contribution in [2.45, 2.75) is 13.8 Å². The van der Waals surface area contributed by atoms with Crippen LogP contribution in [0.5, 0.6) is 0 Å². The topological polar surface area (TPSA) is 41.6 Å². The Morgan fingerprint density at radius 2 is 2.00 bits per heavy atom. The number of allylic oxidation sites excluding steroid dienone is 2. The molecule has 20 heavy (non-hydrogen) atoms. The van der Waals surface area contributed by atoms with Gasteiger partial charge in [-0.3, -0.25) is 5.10 Å². The van der Waals surface area contributed by atoms with Crippen LogP contribution in [0.4, 0.5) is 8.78 Å². The maximum Gasteiger partial charge on any atom is 0.154 e. The first-order valence-electron chi connectivity index (χ1n) is 5.81. The Labute approximate surface area is 120 Å². The number of pyridine rings is 1. The molecule has 2 aromatic rings. The molecule has 104 valence electrons. The molecule has 0 saturated carbocycles. The van der Waals surface area contributed by atoms with E-state index in [-0.39, 0.29) is 17.1 Å². The van der Waals surface area contributed by atoms with Crippen molar-refractivity contribution in [2.24, 2.45) is 0 Å². The lowest BCUT2D eigenvalue weighted by atomic mass is 10.1. The summed E-state index contributed by atoms with van der Waals surface area (Å²) in [7, 11) is 0. The summed E-state index contributed by atoms with van der Waals surface area (Å²) in [4.78, 5) is 3.92. The lowest BCUT2D eigenvalue weighted by molar-refractivity contribution is 0.567. The van der Waals surface area contributed by atoms with Gasteiger partial charge in [0.2, 0.25) is 0 Å². The molecular weight excluding hydrogens is 284 g/mol. The molecule has 6 heteroatoms. The van der Waals surface area contributed by atoms with Gasteiger partial charge in [0.1, 0.15) is 17.2 Å². The second-order valence-corrected chi connectivity index (χ2v) is 4.67. The van der Waals surface area contributed by atoms with Crippen LogP contribution in [0.1, 0.15) is 17.0 Å². The lowest BCUT2D eigenvalue weighted by Gasteiger charge is -2.04. The molecule has 0 unspecified atom stereocenters. The molecular formula is C14H12ClF2N3. The monoisotopic (exact) mass is 295 g/mol. The molecule has 2 heterocycles. The molecule has 2 aromatic heterocycles. The quantitative estimate of drug-likeness (QED) is 0.865. The van der Waals surface area contributed by atoms with Crippen LogP contribution < -0.4 is 0 Å². The predicted molar refractivity (Wildman–Crippen MR) is 75.2 cm³/mol. The van der Waals surface area contributed by atoms with Gasteiger partial charge in [-0.2, -0.15) is 5.10 Å². The fourth-order valence-corrected chi connectivity index (χ4v) is 1.83. The number of hydrogen-bond acceptors (Lipinski definition) is 2. The number of H-pyrrole nitrogens is 1. The van der Waals surface area contributed by atoms with Crippen LogP contribution >= 0.6 is 11.6 Å². The van der Waals surface area contributed by atoms with Crippen LogP contribution in [0.25, 0.3) is 17.5 Å². The number of hydrogen-bond donors (Lipinski definition) is 1. The average Bonchev–Trinajstić information content (AvgIpc) is 2.75. The van der Waals surface area contributed by atoms with E-state index in [2.05, 4.69) is 21.8 Å². The number of aromatic amines is 1. The Bertz CT molecular complexity index is 705. The SMILES string of the molecule is C=CC(Cl)=Cc1c(-c2nc(C)c(F)cc2F)n[nH]c1C. The van der Waals surface area contributed by atoms with Crippen molar-refractivity contribution >= 4 is 17.7 Å². The van der Waals surface area contributed by atoms with E-state index in [1.165, 1.54) is 13.0 Å². The first-order chi connectivity index (χ1) is 9.43. The minimum atomic E-state index is -0.774. The van der Waals surface area contributed by atoms with Gasteiger partial charge in [-0.1, -0.05) is 24.3 Å². The number of halogens is 3. The van der Waals surface area contributed by atoms with E-state index in [4.69, 9.17) is 11.6 Å². The second kappa shape index (κ2) is 5.54. The van der Waals surface area contributed by atoms with Crippen LogP contribution in [0.2, 0.25) is 0 Å². The fourth-order valence-electron chi connectivity index (χ4n) is 1.72. The lowest BCUT2D eigenvalue weighted by Crippen LogP contribution is -1.97. The summed E-state index contributed by atoms with van der Waals surface area (Å²) >= 11 is 5.91. The number of nitrogens with one attached hydrogen (secondary N) is 1. The Morgan fingerprint density at radius 1 is 1.30 bits per heavy atom. The number of aromatic nitrogens is 3. The van der Waals surface area contributed by atoms with E-state index < -0.39 is 11.6 Å². The normalized spacial score (nSPS) is 11.8. The molecule has 0 aliphatic carbocycles. The fraction of sp³-hybridized carbons (Fsp3) is 0.143. The average molecular weight is 296 g/mol. The number of rotatable bonds is 3. The van der Waals surface area contributed by atoms with E-state index in [1.807, 2.05) is 0 Å². The smallest absolute Gasteiger partial charge is 0.154 e. The van der Waals surface area contributed by atoms with Crippen LogP contribution in [0.3, 0.4) is 0 Å². The zero-order valence-corrected chi connectivity index (χ0v) is 11.7. The minimum Gasteiger partial charge on any atom is -0.282 e. The minimum absolute atomic E-state index is 0.0203. The summed E-state index contributed by atoms with van der Waals surface area (Å²) in [5.74, 6) is -1.47. The van der Waals surface area contributed by atoms with Crippen molar-refractivity contribution in [2.75, 3.05) is 0 Å². The summed E-state index contributed by atoms with van der Waals surface area (Å²) < 4.78 is 27.2. The van der Waals surface area contributed by atoms with Gasteiger partial charge in [-0.25, -0.2) is 13.8 Å². The Balaban J connectivity index is 2.66. The third-order valence-electron chi connectivity index (χ3n) is 2.80. The Morgan fingerprint density at radius 3 is 2.65 bits per heavy atom. The van der Waals surface area contributed by atoms with Crippen LogP contribution in [0.15, 0.2) is 23.8 Å². The highest BCUT2D eigenvalue weighted by atomic mass is 35.5. The number of nitrogens with zero attached hydrogens (tertiary/aromatic N) is 2. The maximum atomic E-state index is 13.9. The number of aryl methyl sites for hydroxylation is 2. The molecule has 0 amide bonds. The molecule has 0 spiro atoms. The second-order valence-electron chi connectivity index (χ2n) is 4.23. The molecule has 2 rings (SSSR count). The molecule has 0 fully saturated rings. The summed E-state index contributed by atoms with van der Waals surface area (Å²) in [6, 6.07) is 0.796. The van der Waals surface area contributed by atoms with Gasteiger partial charge >= 0.3 is 0 Å². The molecule has 0 aliphatic heterocycles. The van der Waals surface area contributed by atoms with E-state index >= 15 is 0 Å². The van der Waals surface area contributed by atoms with Crippen molar-refractivity contribution < 1.29 is 8.78 Å². The van der Waals surface area contributed by atoms with Crippen molar-refractivity contribution in [3.05, 3.63) is 52.3 Å². The first kappa shape index (κ1) is 14.4. The third kappa shape index (κ3) is 2.63. The van der Waals surface area contributed by atoms with Crippen LogP contribution in [0, 0.1) is 25.5 Å². The van der Waals surface area contributed by atoms with Gasteiger partial charge in [0.15, 0.2) is 5.82 Å². The van der Waals surface area contributed by atoms with E-state index in [0.29, 0.717) is 16.3 Å². The molecule has 0 bridgehead atoms. The summed E-state index contributed by atoms with van der Waals surface area (Å²) in [6.45, 7) is 6.78. The van der Waals surface area contributed by atoms with Crippen LogP contribution in [-0.4, -0.2) is 15.2 Å². The zero-order chi connectivity index (χ0) is 14.9. The molecule has 1 N–H and O–H groups in total. The highest BCUT2D eigenvalue weighted by Crippen LogP contribution is 2.28. The van der Waals surface area contributed by atoms with Gasteiger partial charge in [0.05, 0.1) is 5.69 Å². The zero-order valence-electron chi connectivity index (χ0n) is 11.0. The van der Waals surface area contributed by atoms with Gasteiger partial charge in [0, 0.05) is 22.4 Å². The maximum absolute atomic E-state index is 13.9. The molecule has 0 aromatic carbocycles. The summed E-state index contributed by atoms with van der Waals surface area (Å²) in [5.41, 5.74) is 1.65. The molecule has 0 radical (unpaired) electrons. The van der Waals surface area contributed by atoms with Crippen LogP contribution in [-0.2, 0) is 0 Å². The highest BCUT2D eigenvalue weighted by Gasteiger charge is 2.18.